The van der Waals surface area contributed by atoms with E-state index in [1.54, 1.807) is 18.2 Å². The number of nitro benzene ring substituents is 2. The highest BCUT2D eigenvalue weighted by molar-refractivity contribution is 7.16. The van der Waals surface area contributed by atoms with Crippen LogP contribution in [0.25, 0.3) is 0 Å². The number of hydrogen-bond acceptors (Lipinski definition) is 9. The molecule has 3 aromatic rings. The number of benzene rings is 2. The smallest absolute Gasteiger partial charge is 0.318 e. The van der Waals surface area contributed by atoms with Gasteiger partial charge in [0, 0.05) is 22.7 Å². The van der Waals surface area contributed by atoms with E-state index >= 15 is 0 Å². The molecular weight excluding hydrogens is 508 g/mol. The van der Waals surface area contributed by atoms with Gasteiger partial charge in [0.25, 0.3) is 5.69 Å². The Morgan fingerprint density at radius 1 is 1.16 bits per heavy atom. The number of non-ortho nitro benzene ring substituents is 1. The predicted octanol–water partition coefficient (Wildman–Crippen LogP) is 7.14. The quantitative estimate of drug-likeness (QED) is 0.178. The summed E-state index contributed by atoms with van der Waals surface area (Å²) in [5.41, 5.74) is 1.29. The lowest BCUT2D eigenvalue weighted by atomic mass is 9.72. The van der Waals surface area contributed by atoms with E-state index in [1.807, 2.05) is 0 Å². The number of thiophene rings is 1. The van der Waals surface area contributed by atoms with Gasteiger partial charge in [-0.25, -0.2) is 4.99 Å². The fourth-order valence-corrected chi connectivity index (χ4v) is 5.73. The molecule has 0 unspecified atom stereocenters. The Hall–Kier alpha value is -4.30. The molecule has 38 heavy (non-hydrogen) atoms. The van der Waals surface area contributed by atoms with Crippen molar-refractivity contribution in [3.63, 3.8) is 0 Å². The molecule has 1 aliphatic rings. The van der Waals surface area contributed by atoms with E-state index in [4.69, 9.17) is 9.47 Å². The first-order valence-corrected chi connectivity index (χ1v) is 12.7. The van der Waals surface area contributed by atoms with Crippen LogP contribution in [0.3, 0.4) is 0 Å². The van der Waals surface area contributed by atoms with E-state index in [0.717, 1.165) is 37.0 Å². The first-order valence-electron chi connectivity index (χ1n) is 11.9. The summed E-state index contributed by atoms with van der Waals surface area (Å²) in [6.45, 7) is 6.71. The molecule has 0 N–H and O–H groups in total. The van der Waals surface area contributed by atoms with Crippen LogP contribution < -0.4 is 9.47 Å². The number of nitrogens with zero attached hydrogens (tertiary/aromatic N) is 4. The van der Waals surface area contributed by atoms with Crippen LogP contribution in [-0.4, -0.2) is 23.2 Å². The zero-order chi connectivity index (χ0) is 27.6. The van der Waals surface area contributed by atoms with Crippen molar-refractivity contribution in [2.75, 3.05) is 7.11 Å². The molecule has 11 heteroatoms. The molecule has 0 saturated carbocycles. The van der Waals surface area contributed by atoms with Crippen LogP contribution in [0.15, 0.2) is 41.4 Å². The number of nitriles is 1. The minimum absolute atomic E-state index is 0.156. The summed E-state index contributed by atoms with van der Waals surface area (Å²) in [6, 6.07) is 10.5. The van der Waals surface area contributed by atoms with Gasteiger partial charge in [-0.2, -0.15) is 5.26 Å². The van der Waals surface area contributed by atoms with Gasteiger partial charge in [-0.3, -0.25) is 20.2 Å². The molecule has 1 atom stereocenters. The summed E-state index contributed by atoms with van der Waals surface area (Å²) in [5, 5.41) is 33.2. The number of fused-ring (bicyclic) bond motifs is 1. The molecule has 0 fully saturated rings. The zero-order valence-corrected chi connectivity index (χ0v) is 22.2. The third kappa shape index (κ3) is 5.35. The van der Waals surface area contributed by atoms with Gasteiger partial charge in [0.15, 0.2) is 11.5 Å². The molecule has 2 aromatic carbocycles. The fraction of sp³-hybridized carbons (Fsp3) is 0.333. The Morgan fingerprint density at radius 2 is 1.92 bits per heavy atom. The number of para-hydroxylation sites is 1. The second-order valence-electron chi connectivity index (χ2n) is 10.0. The van der Waals surface area contributed by atoms with Crippen molar-refractivity contribution >= 4 is 33.9 Å². The van der Waals surface area contributed by atoms with Gasteiger partial charge in [0.1, 0.15) is 11.1 Å². The minimum atomic E-state index is -0.744. The highest BCUT2D eigenvalue weighted by Crippen LogP contribution is 2.45. The maximum atomic E-state index is 11.6. The molecule has 0 bridgehead atoms. The average molecular weight is 535 g/mol. The summed E-state index contributed by atoms with van der Waals surface area (Å²) in [7, 11) is 1.43. The molecule has 0 amide bonds. The van der Waals surface area contributed by atoms with Crippen molar-refractivity contribution in [1.82, 2.24) is 0 Å². The third-order valence-corrected chi connectivity index (χ3v) is 7.86. The summed E-state index contributed by atoms with van der Waals surface area (Å²) in [4.78, 5) is 27.1. The molecule has 1 aliphatic carbocycles. The fourth-order valence-electron chi connectivity index (χ4n) is 4.51. The molecule has 1 heterocycles. The van der Waals surface area contributed by atoms with Crippen LogP contribution in [0.1, 0.15) is 48.8 Å². The van der Waals surface area contributed by atoms with Gasteiger partial charge in [-0.1, -0.05) is 26.8 Å². The van der Waals surface area contributed by atoms with Crippen molar-refractivity contribution in [3.8, 4) is 23.3 Å². The van der Waals surface area contributed by atoms with E-state index < -0.39 is 21.2 Å². The third-order valence-electron chi connectivity index (χ3n) is 6.70. The van der Waals surface area contributed by atoms with Crippen LogP contribution in [0.5, 0.6) is 17.2 Å². The van der Waals surface area contributed by atoms with E-state index in [0.29, 0.717) is 27.8 Å². The zero-order valence-electron chi connectivity index (χ0n) is 21.4. The molecular formula is C27H26N4O6S. The van der Waals surface area contributed by atoms with Crippen LogP contribution in [0.4, 0.5) is 16.4 Å². The maximum Gasteiger partial charge on any atom is 0.318 e. The Morgan fingerprint density at radius 3 is 2.55 bits per heavy atom. The normalized spacial score (nSPS) is 15.1. The summed E-state index contributed by atoms with van der Waals surface area (Å²) >= 11 is 1.51. The number of ether oxygens (including phenoxy) is 2. The molecule has 196 valence electrons. The standard InChI is InChI=1S/C27H26N4O6S/c1-27(2,3)17-8-10-19-20(14-28)26(38-24(19)12-17)29-15-16-6-5-7-23(36-4)25(16)37-22-11-9-18(30(32)33)13-21(22)31(34)35/h5-7,9,11,13,15,17H,8,10,12H2,1-4H3/t17-/m1/s1. The van der Waals surface area contributed by atoms with E-state index in [-0.39, 0.29) is 16.9 Å². The van der Waals surface area contributed by atoms with Crippen LogP contribution in [-0.2, 0) is 12.8 Å². The second kappa shape index (κ2) is 10.6. The Kier molecular flexibility index (Phi) is 7.46. The molecule has 10 nitrogen and oxygen atoms in total. The minimum Gasteiger partial charge on any atom is -0.493 e. The SMILES string of the molecule is COc1cccc(C=Nc2sc3c(c2C#N)CC[C@@H](C(C)(C)C)C3)c1Oc1ccc([N+](=O)[O-])cc1[N+](=O)[O-]. The lowest BCUT2D eigenvalue weighted by Gasteiger charge is -2.33. The number of rotatable bonds is 7. The van der Waals surface area contributed by atoms with Crippen molar-refractivity contribution in [2.24, 2.45) is 16.3 Å². The summed E-state index contributed by atoms with van der Waals surface area (Å²) < 4.78 is 11.3. The number of methoxy groups -OCH3 is 1. The molecule has 0 saturated heterocycles. The first kappa shape index (κ1) is 26.8. The first-order chi connectivity index (χ1) is 18.0. The van der Waals surface area contributed by atoms with Gasteiger partial charge in [0.05, 0.1) is 28.6 Å². The van der Waals surface area contributed by atoms with Crippen LogP contribution in [0, 0.1) is 42.9 Å². The topological polar surface area (TPSA) is 141 Å². The van der Waals surface area contributed by atoms with Gasteiger partial charge in [0.2, 0.25) is 5.75 Å². The summed E-state index contributed by atoms with van der Waals surface area (Å²) in [5.74, 6) is 0.786. The Balaban J connectivity index is 1.72. The maximum absolute atomic E-state index is 11.6. The molecule has 1 aromatic heterocycles. The summed E-state index contributed by atoms with van der Waals surface area (Å²) in [6.07, 6.45) is 4.30. The van der Waals surface area contributed by atoms with Crippen molar-refractivity contribution in [1.29, 1.82) is 5.26 Å². The number of aliphatic imine (C=N–C) groups is 1. The lowest BCUT2D eigenvalue weighted by molar-refractivity contribution is -0.394. The molecule has 0 spiro atoms. The molecule has 4 rings (SSSR count). The average Bonchev–Trinajstić information content (AvgIpc) is 3.24. The Labute approximate surface area is 223 Å². The highest BCUT2D eigenvalue weighted by atomic mass is 32.1. The van der Waals surface area contributed by atoms with Gasteiger partial charge in [-0.15, -0.1) is 11.3 Å². The number of hydrogen-bond donors (Lipinski definition) is 0. The molecule has 0 radical (unpaired) electrons. The predicted molar refractivity (Wildman–Crippen MR) is 144 cm³/mol. The van der Waals surface area contributed by atoms with Crippen molar-refractivity contribution in [2.45, 2.75) is 40.0 Å². The Bertz CT molecular complexity index is 1480. The van der Waals surface area contributed by atoms with Crippen molar-refractivity contribution in [3.05, 3.63) is 78.2 Å². The largest absolute Gasteiger partial charge is 0.493 e. The number of nitro groups is 2. The second-order valence-corrected chi connectivity index (χ2v) is 11.1. The van der Waals surface area contributed by atoms with E-state index in [9.17, 15) is 25.5 Å². The molecule has 0 aliphatic heterocycles. The van der Waals surface area contributed by atoms with Gasteiger partial charge in [-0.05, 0) is 54.4 Å². The highest BCUT2D eigenvalue weighted by Gasteiger charge is 2.32. The van der Waals surface area contributed by atoms with Gasteiger partial charge < -0.3 is 9.47 Å². The van der Waals surface area contributed by atoms with Gasteiger partial charge >= 0.3 is 5.69 Å². The van der Waals surface area contributed by atoms with E-state index in [2.05, 4.69) is 31.8 Å². The van der Waals surface area contributed by atoms with Crippen LogP contribution >= 0.6 is 11.3 Å². The van der Waals surface area contributed by atoms with E-state index in [1.165, 1.54) is 35.6 Å². The van der Waals surface area contributed by atoms with Crippen LogP contribution in [0.2, 0.25) is 0 Å². The monoisotopic (exact) mass is 534 g/mol. The lowest BCUT2D eigenvalue weighted by Crippen LogP contribution is -2.26. The van der Waals surface area contributed by atoms with Crippen molar-refractivity contribution < 1.29 is 19.3 Å².